The highest BCUT2D eigenvalue weighted by Crippen LogP contribution is 2.19. The Morgan fingerprint density at radius 2 is 2.47 bits per heavy atom. The van der Waals surface area contributed by atoms with Crippen molar-refractivity contribution in [3.63, 3.8) is 0 Å². The van der Waals surface area contributed by atoms with E-state index in [-0.39, 0.29) is 18.9 Å². The zero-order valence-electron chi connectivity index (χ0n) is 9.55. The van der Waals surface area contributed by atoms with Gasteiger partial charge >= 0.3 is 5.97 Å². The van der Waals surface area contributed by atoms with Crippen molar-refractivity contribution in [2.45, 2.75) is 26.3 Å². The van der Waals surface area contributed by atoms with Gasteiger partial charge < -0.3 is 14.5 Å². The van der Waals surface area contributed by atoms with E-state index in [4.69, 9.17) is 9.63 Å². The van der Waals surface area contributed by atoms with Crippen molar-refractivity contribution < 1.29 is 19.2 Å². The number of carboxylic acid groups (broad SMARTS) is 1. The number of carboxylic acids is 1. The molecule has 1 unspecified atom stereocenters. The molecule has 1 aromatic rings. The molecule has 1 aromatic heterocycles. The second-order valence-electron chi connectivity index (χ2n) is 4.28. The normalized spacial score (nSPS) is 20.6. The molecule has 17 heavy (non-hydrogen) atoms. The third-order valence-electron chi connectivity index (χ3n) is 2.88. The highest BCUT2D eigenvalue weighted by atomic mass is 16.5. The van der Waals surface area contributed by atoms with E-state index in [2.05, 4.69) is 5.16 Å². The molecule has 1 N–H and O–H groups in total. The van der Waals surface area contributed by atoms with Gasteiger partial charge in [-0.2, -0.15) is 0 Å². The van der Waals surface area contributed by atoms with Crippen LogP contribution in [0.5, 0.6) is 0 Å². The Labute approximate surface area is 98.2 Å². The van der Waals surface area contributed by atoms with Gasteiger partial charge in [0, 0.05) is 19.0 Å². The van der Waals surface area contributed by atoms with Crippen molar-refractivity contribution in [2.75, 3.05) is 6.54 Å². The van der Waals surface area contributed by atoms with Crippen molar-refractivity contribution in [3.8, 4) is 0 Å². The van der Waals surface area contributed by atoms with Gasteiger partial charge in [0.25, 0.3) is 0 Å². The maximum Gasteiger partial charge on any atom is 0.308 e. The van der Waals surface area contributed by atoms with Gasteiger partial charge in [0.2, 0.25) is 5.91 Å². The maximum atomic E-state index is 11.6. The lowest BCUT2D eigenvalue weighted by Crippen LogP contribution is -2.42. The standard InChI is InChI=1S/C11H14N2O4/c1-7-4-9(12-17-7)6-13-5-8(11(15)16)2-3-10(13)14/h4,8H,2-3,5-6H2,1H3,(H,15,16). The number of carbonyl (C=O) groups is 2. The topological polar surface area (TPSA) is 83.6 Å². The second kappa shape index (κ2) is 4.57. The summed E-state index contributed by atoms with van der Waals surface area (Å²) in [5, 5.41) is 12.7. The van der Waals surface area contributed by atoms with E-state index in [0.29, 0.717) is 24.4 Å². The van der Waals surface area contributed by atoms with E-state index in [1.165, 1.54) is 4.90 Å². The van der Waals surface area contributed by atoms with Gasteiger partial charge in [0.05, 0.1) is 12.5 Å². The monoisotopic (exact) mass is 238 g/mol. The molecular weight excluding hydrogens is 224 g/mol. The van der Waals surface area contributed by atoms with Gasteiger partial charge in [-0.05, 0) is 13.3 Å². The molecular formula is C11H14N2O4. The van der Waals surface area contributed by atoms with Crippen LogP contribution in [0, 0.1) is 12.8 Å². The molecule has 0 spiro atoms. The lowest BCUT2D eigenvalue weighted by Gasteiger charge is -2.29. The summed E-state index contributed by atoms with van der Waals surface area (Å²) < 4.78 is 4.91. The van der Waals surface area contributed by atoms with E-state index in [1.54, 1.807) is 13.0 Å². The van der Waals surface area contributed by atoms with Crippen LogP contribution in [0.25, 0.3) is 0 Å². The largest absolute Gasteiger partial charge is 0.481 e. The smallest absolute Gasteiger partial charge is 0.308 e. The molecule has 6 nitrogen and oxygen atoms in total. The molecule has 1 aliphatic rings. The number of hydrogen-bond donors (Lipinski definition) is 1. The van der Waals surface area contributed by atoms with Crippen LogP contribution in [0.4, 0.5) is 0 Å². The third kappa shape index (κ3) is 2.64. The Kier molecular flexibility index (Phi) is 3.12. The van der Waals surface area contributed by atoms with Gasteiger partial charge in [0.1, 0.15) is 11.5 Å². The number of carbonyl (C=O) groups excluding carboxylic acids is 1. The number of hydrogen-bond acceptors (Lipinski definition) is 4. The summed E-state index contributed by atoms with van der Waals surface area (Å²) in [6, 6.07) is 1.75. The molecule has 2 heterocycles. The minimum atomic E-state index is -0.848. The second-order valence-corrected chi connectivity index (χ2v) is 4.28. The van der Waals surface area contributed by atoms with Crippen molar-refractivity contribution in [1.29, 1.82) is 0 Å². The average Bonchev–Trinajstić information content (AvgIpc) is 2.67. The molecule has 92 valence electrons. The SMILES string of the molecule is Cc1cc(CN2CC(C(=O)O)CCC2=O)no1. The Balaban J connectivity index is 2.03. The minimum Gasteiger partial charge on any atom is -0.481 e. The maximum absolute atomic E-state index is 11.6. The summed E-state index contributed by atoms with van der Waals surface area (Å²) in [5.41, 5.74) is 0.655. The molecule has 1 fully saturated rings. The molecule has 2 rings (SSSR count). The number of aromatic nitrogens is 1. The van der Waals surface area contributed by atoms with Crippen LogP contribution >= 0.6 is 0 Å². The summed E-state index contributed by atoms with van der Waals surface area (Å²) >= 11 is 0. The zero-order valence-corrected chi connectivity index (χ0v) is 9.55. The van der Waals surface area contributed by atoms with E-state index < -0.39 is 11.9 Å². The van der Waals surface area contributed by atoms with Crippen molar-refractivity contribution in [1.82, 2.24) is 10.1 Å². The van der Waals surface area contributed by atoms with Crippen molar-refractivity contribution >= 4 is 11.9 Å². The van der Waals surface area contributed by atoms with Crippen LogP contribution in [-0.4, -0.2) is 33.6 Å². The highest BCUT2D eigenvalue weighted by molar-refractivity contribution is 5.80. The van der Waals surface area contributed by atoms with Crippen LogP contribution in [0.15, 0.2) is 10.6 Å². The fraction of sp³-hybridized carbons (Fsp3) is 0.545. The van der Waals surface area contributed by atoms with Gasteiger partial charge in [-0.15, -0.1) is 0 Å². The summed E-state index contributed by atoms with van der Waals surface area (Å²) in [6.07, 6.45) is 0.705. The fourth-order valence-corrected chi connectivity index (χ4v) is 1.96. The fourth-order valence-electron chi connectivity index (χ4n) is 1.96. The number of piperidine rings is 1. The first kappa shape index (κ1) is 11.6. The summed E-state index contributed by atoms with van der Waals surface area (Å²) in [5.74, 6) is -0.665. The predicted octanol–water partition coefficient (Wildman–Crippen LogP) is 0.806. The predicted molar refractivity (Wildman–Crippen MR) is 57.0 cm³/mol. The molecule has 0 bridgehead atoms. The number of nitrogens with zero attached hydrogens (tertiary/aromatic N) is 2. The van der Waals surface area contributed by atoms with E-state index in [1.807, 2.05) is 0 Å². The van der Waals surface area contributed by atoms with E-state index in [9.17, 15) is 9.59 Å². The number of aryl methyl sites for hydroxylation is 1. The molecule has 1 saturated heterocycles. The Morgan fingerprint density at radius 1 is 1.71 bits per heavy atom. The van der Waals surface area contributed by atoms with Crippen LogP contribution in [-0.2, 0) is 16.1 Å². The Morgan fingerprint density at radius 3 is 3.06 bits per heavy atom. The average molecular weight is 238 g/mol. The molecule has 0 radical (unpaired) electrons. The molecule has 0 saturated carbocycles. The lowest BCUT2D eigenvalue weighted by atomic mass is 9.97. The molecule has 0 aromatic carbocycles. The van der Waals surface area contributed by atoms with Crippen molar-refractivity contribution in [2.24, 2.45) is 5.92 Å². The number of amides is 1. The number of rotatable bonds is 3. The molecule has 1 amide bonds. The molecule has 1 atom stereocenters. The van der Waals surface area contributed by atoms with E-state index >= 15 is 0 Å². The molecule has 6 heteroatoms. The summed E-state index contributed by atoms with van der Waals surface area (Å²) in [7, 11) is 0. The third-order valence-corrected chi connectivity index (χ3v) is 2.88. The summed E-state index contributed by atoms with van der Waals surface area (Å²) in [6.45, 7) is 2.34. The van der Waals surface area contributed by atoms with E-state index in [0.717, 1.165) is 0 Å². The highest BCUT2D eigenvalue weighted by Gasteiger charge is 2.30. The first-order valence-corrected chi connectivity index (χ1v) is 5.49. The van der Waals surface area contributed by atoms with Crippen LogP contribution < -0.4 is 0 Å². The number of aliphatic carboxylic acids is 1. The van der Waals surface area contributed by atoms with Gasteiger partial charge in [0.15, 0.2) is 0 Å². The first-order valence-electron chi connectivity index (χ1n) is 5.49. The Bertz CT molecular complexity index is 440. The van der Waals surface area contributed by atoms with Crippen LogP contribution in [0.1, 0.15) is 24.3 Å². The molecule has 0 aliphatic carbocycles. The van der Waals surface area contributed by atoms with Gasteiger partial charge in [-0.1, -0.05) is 5.16 Å². The van der Waals surface area contributed by atoms with Crippen LogP contribution in [0.2, 0.25) is 0 Å². The lowest BCUT2D eigenvalue weighted by molar-refractivity contribution is -0.147. The quantitative estimate of drug-likeness (QED) is 0.842. The van der Waals surface area contributed by atoms with Crippen molar-refractivity contribution in [3.05, 3.63) is 17.5 Å². The van der Waals surface area contributed by atoms with Gasteiger partial charge in [-0.3, -0.25) is 9.59 Å². The summed E-state index contributed by atoms with van der Waals surface area (Å²) in [4.78, 5) is 24.1. The van der Waals surface area contributed by atoms with Gasteiger partial charge in [-0.25, -0.2) is 0 Å². The number of likely N-dealkylation sites (tertiary alicyclic amines) is 1. The first-order chi connectivity index (χ1) is 8.06. The van der Waals surface area contributed by atoms with Crippen LogP contribution in [0.3, 0.4) is 0 Å². The molecule has 1 aliphatic heterocycles. The zero-order chi connectivity index (χ0) is 12.4. The minimum absolute atomic E-state index is 0.0249. The Hall–Kier alpha value is -1.85.